The van der Waals surface area contributed by atoms with Crippen molar-refractivity contribution in [2.75, 3.05) is 32.9 Å². The maximum Gasteiger partial charge on any atom is 0.211 e. The van der Waals surface area contributed by atoms with E-state index in [2.05, 4.69) is 15.6 Å². The molecule has 0 radical (unpaired) electrons. The standard InChI is InChI=1S/C15H25ClN4O2S/c1-4-20(23(3,21)22)11-7-10-18-15(17-2)19-12-13-8-5-6-9-14(13)16/h5-6,8-9H,4,7,10-12H2,1-3H3,(H2,17,18,19). The maximum atomic E-state index is 11.5. The van der Waals surface area contributed by atoms with E-state index in [0.29, 0.717) is 43.6 Å². The number of hydrogen-bond acceptors (Lipinski definition) is 3. The molecule has 0 amide bonds. The van der Waals surface area contributed by atoms with E-state index in [1.165, 1.54) is 10.6 Å². The van der Waals surface area contributed by atoms with Crippen LogP contribution in [0.4, 0.5) is 0 Å². The van der Waals surface area contributed by atoms with Crippen molar-refractivity contribution in [3.8, 4) is 0 Å². The molecule has 0 heterocycles. The first-order valence-electron chi connectivity index (χ1n) is 7.51. The van der Waals surface area contributed by atoms with E-state index in [9.17, 15) is 8.42 Å². The molecule has 1 aromatic rings. The molecule has 1 rings (SSSR count). The Morgan fingerprint density at radius 1 is 1.30 bits per heavy atom. The third kappa shape index (κ3) is 7.20. The highest BCUT2D eigenvalue weighted by Crippen LogP contribution is 2.14. The fourth-order valence-electron chi connectivity index (χ4n) is 2.06. The van der Waals surface area contributed by atoms with Crippen LogP contribution in [0.2, 0.25) is 5.02 Å². The van der Waals surface area contributed by atoms with Gasteiger partial charge in [0.25, 0.3) is 0 Å². The van der Waals surface area contributed by atoms with Crippen molar-refractivity contribution in [1.82, 2.24) is 14.9 Å². The summed E-state index contributed by atoms with van der Waals surface area (Å²) in [4.78, 5) is 4.14. The van der Waals surface area contributed by atoms with Gasteiger partial charge < -0.3 is 10.6 Å². The first kappa shape index (κ1) is 19.7. The maximum absolute atomic E-state index is 11.5. The monoisotopic (exact) mass is 360 g/mol. The van der Waals surface area contributed by atoms with Crippen LogP contribution in [0.15, 0.2) is 29.3 Å². The molecule has 23 heavy (non-hydrogen) atoms. The topological polar surface area (TPSA) is 73.8 Å². The quantitative estimate of drug-likeness (QED) is 0.420. The van der Waals surface area contributed by atoms with Gasteiger partial charge in [0.1, 0.15) is 0 Å². The molecule has 130 valence electrons. The third-order valence-corrected chi connectivity index (χ3v) is 5.07. The van der Waals surface area contributed by atoms with Gasteiger partial charge in [-0.1, -0.05) is 36.7 Å². The van der Waals surface area contributed by atoms with E-state index in [0.717, 1.165) is 5.56 Å². The molecule has 8 heteroatoms. The number of nitrogens with one attached hydrogen (secondary N) is 2. The Morgan fingerprint density at radius 3 is 2.57 bits per heavy atom. The van der Waals surface area contributed by atoms with Crippen LogP contribution in [0.25, 0.3) is 0 Å². The molecule has 0 atom stereocenters. The number of benzene rings is 1. The van der Waals surface area contributed by atoms with Gasteiger partial charge in [-0.25, -0.2) is 12.7 Å². The number of sulfonamides is 1. The molecular weight excluding hydrogens is 336 g/mol. The van der Waals surface area contributed by atoms with Gasteiger partial charge in [-0.3, -0.25) is 4.99 Å². The molecule has 0 aliphatic rings. The molecule has 0 bridgehead atoms. The van der Waals surface area contributed by atoms with Crippen molar-refractivity contribution in [2.45, 2.75) is 19.9 Å². The van der Waals surface area contributed by atoms with Gasteiger partial charge in [0.2, 0.25) is 10.0 Å². The van der Waals surface area contributed by atoms with Crippen LogP contribution in [0.3, 0.4) is 0 Å². The van der Waals surface area contributed by atoms with Crippen LogP contribution in [0.5, 0.6) is 0 Å². The Bertz CT molecular complexity index is 620. The van der Waals surface area contributed by atoms with Gasteiger partial charge in [0, 0.05) is 38.2 Å². The number of hydrogen-bond donors (Lipinski definition) is 2. The Labute approximate surface area is 144 Å². The molecule has 0 aliphatic carbocycles. The third-order valence-electron chi connectivity index (χ3n) is 3.33. The van der Waals surface area contributed by atoms with Gasteiger partial charge in [0.15, 0.2) is 5.96 Å². The van der Waals surface area contributed by atoms with E-state index in [4.69, 9.17) is 11.6 Å². The first-order valence-corrected chi connectivity index (χ1v) is 9.74. The molecule has 0 aromatic heterocycles. The van der Waals surface area contributed by atoms with Gasteiger partial charge in [-0.05, 0) is 18.1 Å². The molecule has 0 saturated heterocycles. The van der Waals surface area contributed by atoms with Crippen LogP contribution in [0.1, 0.15) is 18.9 Å². The minimum absolute atomic E-state index is 0.484. The second-order valence-corrected chi connectivity index (χ2v) is 7.44. The van der Waals surface area contributed by atoms with Crippen LogP contribution in [-0.4, -0.2) is 51.6 Å². The van der Waals surface area contributed by atoms with Gasteiger partial charge in [-0.2, -0.15) is 0 Å². The number of halogens is 1. The van der Waals surface area contributed by atoms with Crippen molar-refractivity contribution >= 4 is 27.6 Å². The Balaban J connectivity index is 2.36. The predicted octanol–water partition coefficient (Wildman–Crippen LogP) is 1.68. The average Bonchev–Trinajstić information content (AvgIpc) is 2.50. The zero-order valence-electron chi connectivity index (χ0n) is 13.8. The summed E-state index contributed by atoms with van der Waals surface area (Å²) in [7, 11) is -1.44. The average molecular weight is 361 g/mol. The summed E-state index contributed by atoms with van der Waals surface area (Å²) < 4.78 is 24.4. The predicted molar refractivity (Wildman–Crippen MR) is 96.4 cm³/mol. The summed E-state index contributed by atoms with van der Waals surface area (Å²) in [6, 6.07) is 7.62. The van der Waals surface area contributed by atoms with Crippen LogP contribution < -0.4 is 10.6 Å². The number of rotatable bonds is 8. The molecule has 1 aromatic carbocycles. The number of nitrogens with zero attached hydrogens (tertiary/aromatic N) is 2. The summed E-state index contributed by atoms with van der Waals surface area (Å²) in [6.45, 7) is 4.01. The molecule has 0 aliphatic heterocycles. The molecule has 0 unspecified atom stereocenters. The second-order valence-electron chi connectivity index (χ2n) is 5.05. The van der Waals surface area contributed by atoms with Gasteiger partial charge >= 0.3 is 0 Å². The van der Waals surface area contributed by atoms with E-state index in [-0.39, 0.29) is 0 Å². The summed E-state index contributed by atoms with van der Waals surface area (Å²) >= 11 is 6.11. The summed E-state index contributed by atoms with van der Waals surface area (Å²) in [5, 5.41) is 7.06. The van der Waals surface area contributed by atoms with Crippen LogP contribution >= 0.6 is 11.6 Å². The van der Waals surface area contributed by atoms with E-state index >= 15 is 0 Å². The highest BCUT2D eigenvalue weighted by Gasteiger charge is 2.13. The summed E-state index contributed by atoms with van der Waals surface area (Å²) in [5.74, 6) is 0.660. The summed E-state index contributed by atoms with van der Waals surface area (Å²) in [5.41, 5.74) is 0.992. The number of aliphatic imine (C=N–C) groups is 1. The van der Waals surface area contributed by atoms with Crippen molar-refractivity contribution in [2.24, 2.45) is 4.99 Å². The molecule has 6 nitrogen and oxygen atoms in total. The van der Waals surface area contributed by atoms with Gasteiger partial charge in [0.05, 0.1) is 6.26 Å². The largest absolute Gasteiger partial charge is 0.356 e. The lowest BCUT2D eigenvalue weighted by molar-refractivity contribution is 0.424. The first-order chi connectivity index (χ1) is 10.9. The van der Waals surface area contributed by atoms with Gasteiger partial charge in [-0.15, -0.1) is 0 Å². The minimum atomic E-state index is -3.13. The van der Waals surface area contributed by atoms with E-state index in [1.54, 1.807) is 7.05 Å². The smallest absolute Gasteiger partial charge is 0.211 e. The Kier molecular flexibility index (Phi) is 8.36. The van der Waals surface area contributed by atoms with Crippen molar-refractivity contribution in [3.63, 3.8) is 0 Å². The van der Waals surface area contributed by atoms with E-state index in [1.807, 2.05) is 31.2 Å². The van der Waals surface area contributed by atoms with Crippen molar-refractivity contribution in [1.29, 1.82) is 0 Å². The Morgan fingerprint density at radius 2 is 2.00 bits per heavy atom. The van der Waals surface area contributed by atoms with Crippen LogP contribution in [-0.2, 0) is 16.6 Å². The zero-order chi connectivity index (χ0) is 17.3. The lowest BCUT2D eigenvalue weighted by Gasteiger charge is -2.18. The fraction of sp³-hybridized carbons (Fsp3) is 0.533. The molecule has 0 fully saturated rings. The lowest BCUT2D eigenvalue weighted by atomic mass is 10.2. The van der Waals surface area contributed by atoms with Crippen molar-refractivity contribution in [3.05, 3.63) is 34.9 Å². The highest BCUT2D eigenvalue weighted by molar-refractivity contribution is 7.88. The molecule has 2 N–H and O–H groups in total. The van der Waals surface area contributed by atoms with Crippen molar-refractivity contribution < 1.29 is 8.42 Å². The normalized spacial score (nSPS) is 12.5. The molecular formula is C15H25ClN4O2S. The zero-order valence-corrected chi connectivity index (χ0v) is 15.4. The lowest BCUT2D eigenvalue weighted by Crippen LogP contribution is -2.39. The van der Waals surface area contributed by atoms with E-state index < -0.39 is 10.0 Å². The Hall–Kier alpha value is -1.31. The number of guanidine groups is 1. The highest BCUT2D eigenvalue weighted by atomic mass is 35.5. The molecule has 0 saturated carbocycles. The SMILES string of the molecule is CCN(CCCNC(=NC)NCc1ccccc1Cl)S(C)(=O)=O. The fourth-order valence-corrected chi connectivity index (χ4v) is 3.19. The summed E-state index contributed by atoms with van der Waals surface area (Å²) in [6.07, 6.45) is 1.93. The molecule has 0 spiro atoms. The second kappa shape index (κ2) is 9.75. The van der Waals surface area contributed by atoms with Crippen LogP contribution in [0, 0.1) is 0 Å². The minimum Gasteiger partial charge on any atom is -0.356 e.